The second kappa shape index (κ2) is 4.70. The van der Waals surface area contributed by atoms with Crippen molar-refractivity contribution in [3.05, 3.63) is 69.8 Å². The van der Waals surface area contributed by atoms with Gasteiger partial charge in [0.05, 0.1) is 4.92 Å². The lowest BCUT2D eigenvalue weighted by Gasteiger charge is -2.27. The molecular weight excluding hydrogens is 244 g/mol. The van der Waals surface area contributed by atoms with Crippen molar-refractivity contribution in [3.63, 3.8) is 0 Å². The molecule has 5 heteroatoms. The number of benzene rings is 2. The zero-order chi connectivity index (χ0) is 13.2. The first-order valence-corrected chi connectivity index (χ1v) is 5.96. The number of fused-ring (bicyclic) bond motifs is 1. The molecule has 1 atom stereocenters. The van der Waals surface area contributed by atoms with Gasteiger partial charge in [0.1, 0.15) is 5.75 Å². The van der Waals surface area contributed by atoms with Gasteiger partial charge in [-0.1, -0.05) is 18.2 Å². The number of rotatable bonds is 2. The van der Waals surface area contributed by atoms with E-state index in [1.54, 1.807) is 12.1 Å². The Morgan fingerprint density at radius 3 is 2.63 bits per heavy atom. The highest BCUT2D eigenvalue weighted by atomic mass is 16.6. The minimum absolute atomic E-state index is 0.0833. The van der Waals surface area contributed by atoms with Crippen LogP contribution < -0.4 is 10.1 Å². The molecule has 96 valence electrons. The highest BCUT2D eigenvalue weighted by Crippen LogP contribution is 2.29. The molecule has 1 aliphatic heterocycles. The van der Waals surface area contributed by atoms with Crippen molar-refractivity contribution in [2.75, 3.05) is 0 Å². The quantitative estimate of drug-likeness (QED) is 0.662. The molecule has 1 heterocycles. The number of ether oxygens (including phenoxy) is 1. The van der Waals surface area contributed by atoms with Crippen LogP contribution in [0.4, 0.5) is 5.69 Å². The van der Waals surface area contributed by atoms with Gasteiger partial charge < -0.3 is 4.74 Å². The molecule has 1 aliphatic rings. The molecule has 0 radical (unpaired) electrons. The van der Waals surface area contributed by atoms with Gasteiger partial charge in [-0.15, -0.1) is 0 Å². The maximum absolute atomic E-state index is 10.6. The Hall–Kier alpha value is -2.40. The van der Waals surface area contributed by atoms with E-state index in [9.17, 15) is 10.1 Å². The van der Waals surface area contributed by atoms with Crippen LogP contribution in [0.5, 0.6) is 5.75 Å². The van der Waals surface area contributed by atoms with Crippen molar-refractivity contribution in [2.24, 2.45) is 0 Å². The molecule has 0 saturated carbocycles. The normalized spacial score (nSPS) is 17.4. The van der Waals surface area contributed by atoms with E-state index in [1.807, 2.05) is 24.3 Å². The molecular formula is C14H12N2O3. The third kappa shape index (κ3) is 2.28. The molecule has 0 aliphatic carbocycles. The number of nitro benzene ring substituents is 1. The van der Waals surface area contributed by atoms with Gasteiger partial charge in [-0.05, 0) is 18.2 Å². The van der Waals surface area contributed by atoms with Crippen molar-refractivity contribution in [2.45, 2.75) is 12.8 Å². The second-order valence-corrected chi connectivity index (χ2v) is 4.34. The molecule has 0 fully saturated rings. The monoisotopic (exact) mass is 256 g/mol. The van der Waals surface area contributed by atoms with Gasteiger partial charge in [-0.3, -0.25) is 15.4 Å². The van der Waals surface area contributed by atoms with E-state index in [0.29, 0.717) is 0 Å². The molecule has 0 spiro atoms. The molecule has 0 bridgehead atoms. The van der Waals surface area contributed by atoms with Crippen LogP contribution in [-0.4, -0.2) is 4.92 Å². The summed E-state index contributed by atoms with van der Waals surface area (Å²) in [4.78, 5) is 10.2. The minimum Gasteiger partial charge on any atom is -0.471 e. The second-order valence-electron chi connectivity index (χ2n) is 4.34. The number of nitro groups is 1. The molecule has 0 aromatic heterocycles. The Bertz CT molecular complexity index is 610. The van der Waals surface area contributed by atoms with E-state index in [1.165, 1.54) is 12.1 Å². The fourth-order valence-corrected chi connectivity index (χ4v) is 2.09. The van der Waals surface area contributed by atoms with Crippen molar-refractivity contribution in [3.8, 4) is 5.75 Å². The van der Waals surface area contributed by atoms with E-state index < -0.39 is 4.92 Å². The average molecular weight is 256 g/mol. The number of nitrogens with zero attached hydrogens (tertiary/aromatic N) is 1. The zero-order valence-electron chi connectivity index (χ0n) is 10.1. The molecule has 2 aromatic rings. The summed E-state index contributed by atoms with van der Waals surface area (Å²) in [6.45, 7) is 0.720. The first kappa shape index (κ1) is 11.7. The van der Waals surface area contributed by atoms with Gasteiger partial charge in [-0.25, -0.2) is 0 Å². The predicted octanol–water partition coefficient (Wildman–Crippen LogP) is 2.78. The summed E-state index contributed by atoms with van der Waals surface area (Å²) < 4.78 is 5.84. The molecule has 1 unspecified atom stereocenters. The van der Waals surface area contributed by atoms with Gasteiger partial charge >= 0.3 is 0 Å². The highest BCUT2D eigenvalue weighted by Gasteiger charge is 2.20. The van der Waals surface area contributed by atoms with Crippen molar-refractivity contribution in [1.82, 2.24) is 5.32 Å². The van der Waals surface area contributed by atoms with Crippen LogP contribution in [0.3, 0.4) is 0 Å². The van der Waals surface area contributed by atoms with Gasteiger partial charge in [0.25, 0.3) is 5.69 Å². The molecule has 3 rings (SSSR count). The largest absolute Gasteiger partial charge is 0.471 e. The van der Waals surface area contributed by atoms with Crippen molar-refractivity contribution < 1.29 is 9.66 Å². The Kier molecular flexibility index (Phi) is 2.89. The maximum Gasteiger partial charge on any atom is 0.269 e. The fourth-order valence-electron chi connectivity index (χ4n) is 2.09. The van der Waals surface area contributed by atoms with Crippen LogP contribution in [0.25, 0.3) is 0 Å². The topological polar surface area (TPSA) is 64.4 Å². The van der Waals surface area contributed by atoms with Crippen LogP contribution in [0.2, 0.25) is 0 Å². The average Bonchev–Trinajstić information content (AvgIpc) is 2.47. The number of non-ortho nitro benzene ring substituents is 1. The summed E-state index contributed by atoms with van der Waals surface area (Å²) in [5.41, 5.74) is 2.07. The van der Waals surface area contributed by atoms with Gasteiger partial charge in [0.15, 0.2) is 6.23 Å². The minimum atomic E-state index is -0.408. The van der Waals surface area contributed by atoms with Crippen molar-refractivity contribution >= 4 is 5.69 Å². The number of para-hydroxylation sites is 1. The lowest BCUT2D eigenvalue weighted by atomic mass is 10.1. The Morgan fingerprint density at radius 1 is 1.16 bits per heavy atom. The van der Waals surface area contributed by atoms with Crippen LogP contribution in [0.15, 0.2) is 48.5 Å². The summed E-state index contributed by atoms with van der Waals surface area (Å²) in [7, 11) is 0. The molecule has 0 amide bonds. The highest BCUT2D eigenvalue weighted by molar-refractivity contribution is 5.38. The van der Waals surface area contributed by atoms with Gasteiger partial charge in [0, 0.05) is 29.8 Å². The number of hydrogen-bond donors (Lipinski definition) is 1. The molecule has 5 nitrogen and oxygen atoms in total. The third-order valence-corrected chi connectivity index (χ3v) is 3.10. The zero-order valence-corrected chi connectivity index (χ0v) is 10.1. The summed E-state index contributed by atoms with van der Waals surface area (Å²) in [5.74, 6) is 0.851. The van der Waals surface area contributed by atoms with Crippen molar-refractivity contribution in [1.29, 1.82) is 0 Å². The summed E-state index contributed by atoms with van der Waals surface area (Å²) in [6.07, 6.45) is -0.268. The van der Waals surface area contributed by atoms with E-state index in [0.717, 1.165) is 23.4 Å². The molecule has 2 aromatic carbocycles. The molecule has 19 heavy (non-hydrogen) atoms. The summed E-state index contributed by atoms with van der Waals surface area (Å²) in [5, 5.41) is 13.9. The van der Waals surface area contributed by atoms with Gasteiger partial charge in [-0.2, -0.15) is 0 Å². The SMILES string of the molecule is O=[N+]([O-])c1ccc(C2NCc3ccccc3O2)cc1. The summed E-state index contributed by atoms with van der Waals surface area (Å²) >= 11 is 0. The Labute approximate surface area is 110 Å². The van der Waals surface area contributed by atoms with Crippen LogP contribution in [0.1, 0.15) is 17.4 Å². The standard InChI is InChI=1S/C14H12N2O3/c17-16(18)12-7-5-10(6-8-12)14-15-9-11-3-1-2-4-13(11)19-14/h1-8,14-15H,9H2. The Morgan fingerprint density at radius 2 is 1.89 bits per heavy atom. The van der Waals surface area contributed by atoms with E-state index >= 15 is 0 Å². The van der Waals surface area contributed by atoms with Crippen LogP contribution in [0, 0.1) is 10.1 Å². The number of hydrogen-bond acceptors (Lipinski definition) is 4. The van der Waals surface area contributed by atoms with E-state index in [2.05, 4.69) is 5.32 Å². The predicted molar refractivity (Wildman–Crippen MR) is 69.7 cm³/mol. The van der Waals surface area contributed by atoms with Gasteiger partial charge in [0.2, 0.25) is 0 Å². The maximum atomic E-state index is 10.6. The summed E-state index contributed by atoms with van der Waals surface area (Å²) in [6, 6.07) is 14.2. The fraction of sp³-hybridized carbons (Fsp3) is 0.143. The van der Waals surface area contributed by atoms with E-state index in [4.69, 9.17) is 4.74 Å². The van der Waals surface area contributed by atoms with Crippen LogP contribution in [-0.2, 0) is 6.54 Å². The molecule has 1 N–H and O–H groups in total. The lowest BCUT2D eigenvalue weighted by molar-refractivity contribution is -0.384. The lowest BCUT2D eigenvalue weighted by Crippen LogP contribution is -2.30. The molecule has 0 saturated heterocycles. The smallest absolute Gasteiger partial charge is 0.269 e. The van der Waals surface area contributed by atoms with Crippen LogP contribution >= 0.6 is 0 Å². The first-order valence-electron chi connectivity index (χ1n) is 5.96. The number of nitrogens with one attached hydrogen (secondary N) is 1. The third-order valence-electron chi connectivity index (χ3n) is 3.10. The Balaban J connectivity index is 1.83. The van der Waals surface area contributed by atoms with E-state index in [-0.39, 0.29) is 11.9 Å². The first-order chi connectivity index (χ1) is 9.24.